The Kier molecular flexibility index (Phi) is 6.76. The molecular formula is C25H34Cl2N4O4S. The molecule has 3 unspecified atom stereocenters. The van der Waals surface area contributed by atoms with Crippen LogP contribution < -0.4 is 15.4 Å². The maximum Gasteiger partial charge on any atom is 0.304 e. The summed E-state index contributed by atoms with van der Waals surface area (Å²) >= 11 is 12.8. The Bertz CT molecular complexity index is 1150. The normalized spacial score (nSPS) is 35.1. The fourth-order valence-electron chi connectivity index (χ4n) is 7.71. The molecule has 4 aliphatic carbocycles. The smallest absolute Gasteiger partial charge is 0.304 e. The Morgan fingerprint density at radius 3 is 2.31 bits per heavy atom. The van der Waals surface area contributed by atoms with Crippen LogP contribution in [0.5, 0.6) is 0 Å². The Balaban J connectivity index is 1.31. The SMILES string of the molecule is Cc1cc(Cl)c(N2CC(C)CN(CC(=O)NC3C4CC5CC3CC(CC(N)=O)(C5)C4)S2(=O)=O)c(Cl)c1. The fraction of sp³-hybridized carbons (Fsp3) is 0.680. The minimum absolute atomic E-state index is 0.0112. The number of hydrogen-bond donors (Lipinski definition) is 2. The van der Waals surface area contributed by atoms with Gasteiger partial charge in [-0.1, -0.05) is 30.1 Å². The van der Waals surface area contributed by atoms with Gasteiger partial charge < -0.3 is 11.1 Å². The van der Waals surface area contributed by atoms with Gasteiger partial charge in [-0.15, -0.1) is 0 Å². The van der Waals surface area contributed by atoms with Crippen molar-refractivity contribution in [1.29, 1.82) is 0 Å². The van der Waals surface area contributed by atoms with Crippen LogP contribution in [0.25, 0.3) is 0 Å². The number of halogens is 2. The lowest BCUT2D eigenvalue weighted by molar-refractivity contribution is -0.134. The first-order chi connectivity index (χ1) is 16.9. The van der Waals surface area contributed by atoms with E-state index in [9.17, 15) is 18.0 Å². The molecule has 4 saturated carbocycles. The molecule has 11 heteroatoms. The van der Waals surface area contributed by atoms with Gasteiger partial charge in [-0.25, -0.2) is 0 Å². The minimum Gasteiger partial charge on any atom is -0.370 e. The number of nitrogens with zero attached hydrogens (tertiary/aromatic N) is 2. The van der Waals surface area contributed by atoms with Gasteiger partial charge in [0, 0.05) is 25.6 Å². The monoisotopic (exact) mass is 556 g/mol. The van der Waals surface area contributed by atoms with Crippen molar-refractivity contribution in [2.75, 3.05) is 23.9 Å². The van der Waals surface area contributed by atoms with E-state index < -0.39 is 10.2 Å². The van der Waals surface area contributed by atoms with Crippen LogP contribution in [0.1, 0.15) is 51.0 Å². The van der Waals surface area contributed by atoms with Gasteiger partial charge in [0.2, 0.25) is 11.8 Å². The first kappa shape index (κ1) is 26.1. The number of carbonyl (C=O) groups is 2. The van der Waals surface area contributed by atoms with Crippen LogP contribution in [0, 0.1) is 36.0 Å². The lowest BCUT2D eigenvalue weighted by atomic mass is 9.47. The molecule has 3 atom stereocenters. The zero-order valence-corrected chi connectivity index (χ0v) is 23.0. The van der Waals surface area contributed by atoms with Crippen LogP contribution in [-0.4, -0.2) is 50.2 Å². The molecule has 0 radical (unpaired) electrons. The van der Waals surface area contributed by atoms with E-state index in [0.717, 1.165) is 37.7 Å². The van der Waals surface area contributed by atoms with Gasteiger partial charge in [-0.2, -0.15) is 12.7 Å². The molecule has 0 aromatic heterocycles. The van der Waals surface area contributed by atoms with E-state index in [1.807, 2.05) is 13.8 Å². The Hall–Kier alpha value is -1.55. The standard InChI is InChI=1S/C25H34Cl2N4O4S/c1-14-3-19(26)24(20(27)4-14)31-12-15(2)11-30(36(31,34)35)13-22(33)29-23-17-5-16-6-18(23)9-25(7-16,8-17)10-21(28)32/h3-4,15-18,23H,5-13H2,1-2H3,(H2,28,32)(H,29,33). The molecule has 1 aromatic carbocycles. The van der Waals surface area contributed by atoms with Crippen molar-refractivity contribution < 1.29 is 18.0 Å². The number of rotatable bonds is 6. The Morgan fingerprint density at radius 2 is 1.72 bits per heavy atom. The molecule has 1 heterocycles. The van der Waals surface area contributed by atoms with Crippen LogP contribution in [0.4, 0.5) is 5.69 Å². The summed E-state index contributed by atoms with van der Waals surface area (Å²) in [5.74, 6) is 0.618. The summed E-state index contributed by atoms with van der Waals surface area (Å²) in [7, 11) is -4.00. The number of carbonyl (C=O) groups excluding carboxylic acids is 2. The minimum atomic E-state index is -4.00. The van der Waals surface area contributed by atoms with E-state index in [1.165, 1.54) is 8.61 Å². The van der Waals surface area contributed by atoms with Gasteiger partial charge >= 0.3 is 10.2 Å². The van der Waals surface area contributed by atoms with Crippen LogP contribution in [0.2, 0.25) is 10.0 Å². The number of nitrogens with two attached hydrogens (primary N) is 1. The molecule has 198 valence electrons. The van der Waals surface area contributed by atoms with E-state index in [2.05, 4.69) is 5.32 Å². The molecule has 1 saturated heterocycles. The quantitative estimate of drug-likeness (QED) is 0.558. The van der Waals surface area contributed by atoms with E-state index in [1.54, 1.807) is 12.1 Å². The number of benzene rings is 1. The van der Waals surface area contributed by atoms with E-state index in [-0.39, 0.29) is 64.6 Å². The third kappa shape index (κ3) is 4.72. The molecule has 5 fully saturated rings. The Morgan fingerprint density at radius 1 is 1.11 bits per heavy atom. The largest absolute Gasteiger partial charge is 0.370 e. The number of primary amides is 1. The van der Waals surface area contributed by atoms with Gasteiger partial charge in [0.15, 0.2) is 0 Å². The molecule has 2 amide bonds. The second kappa shape index (κ2) is 9.33. The van der Waals surface area contributed by atoms with Crippen molar-refractivity contribution in [3.05, 3.63) is 27.7 Å². The van der Waals surface area contributed by atoms with Crippen molar-refractivity contribution >= 4 is 50.9 Å². The first-order valence-corrected chi connectivity index (χ1v) is 14.8. The van der Waals surface area contributed by atoms with Crippen molar-refractivity contribution in [3.8, 4) is 0 Å². The summed E-state index contributed by atoms with van der Waals surface area (Å²) < 4.78 is 29.6. The zero-order chi connectivity index (χ0) is 26.0. The highest BCUT2D eigenvalue weighted by Gasteiger charge is 2.56. The van der Waals surface area contributed by atoms with Crippen LogP contribution in [0.3, 0.4) is 0 Å². The third-order valence-corrected chi connectivity index (χ3v) is 11.0. The molecule has 1 aliphatic heterocycles. The maximum atomic E-state index is 13.6. The van der Waals surface area contributed by atoms with Crippen molar-refractivity contribution in [2.24, 2.45) is 34.8 Å². The van der Waals surface area contributed by atoms with Gasteiger partial charge in [0.05, 0.1) is 22.3 Å². The second-order valence-electron chi connectivity index (χ2n) is 11.7. The number of anilines is 1. The zero-order valence-electron chi connectivity index (χ0n) is 20.7. The van der Waals surface area contributed by atoms with Crippen LogP contribution >= 0.6 is 23.2 Å². The van der Waals surface area contributed by atoms with Gasteiger partial charge in [-0.3, -0.25) is 13.9 Å². The Labute approximate surface area is 223 Å². The molecule has 36 heavy (non-hydrogen) atoms. The van der Waals surface area contributed by atoms with Gasteiger partial charge in [0.1, 0.15) is 0 Å². The summed E-state index contributed by atoms with van der Waals surface area (Å²) in [6.07, 6.45) is 5.34. The van der Waals surface area contributed by atoms with Crippen LogP contribution in [0.15, 0.2) is 12.1 Å². The van der Waals surface area contributed by atoms with Crippen molar-refractivity contribution in [3.63, 3.8) is 0 Å². The molecule has 3 N–H and O–H groups in total. The van der Waals surface area contributed by atoms with Crippen molar-refractivity contribution in [1.82, 2.24) is 9.62 Å². The number of nitrogens with one attached hydrogen (secondary N) is 1. The van der Waals surface area contributed by atoms with E-state index in [0.29, 0.717) is 24.2 Å². The molecule has 5 aliphatic rings. The predicted molar refractivity (Wildman–Crippen MR) is 140 cm³/mol. The summed E-state index contributed by atoms with van der Waals surface area (Å²) in [5, 5.41) is 3.71. The number of aryl methyl sites for hydroxylation is 1. The molecule has 6 rings (SSSR count). The third-order valence-electron chi connectivity index (χ3n) is 8.61. The van der Waals surface area contributed by atoms with E-state index >= 15 is 0 Å². The molecule has 0 spiro atoms. The summed E-state index contributed by atoms with van der Waals surface area (Å²) in [5.41, 5.74) is 6.62. The number of hydrogen-bond acceptors (Lipinski definition) is 4. The summed E-state index contributed by atoms with van der Waals surface area (Å²) in [6.45, 7) is 4.01. The highest BCUT2D eigenvalue weighted by atomic mass is 35.5. The molecule has 8 nitrogen and oxygen atoms in total. The lowest BCUT2D eigenvalue weighted by Gasteiger charge is -2.60. The molecular weight excluding hydrogens is 523 g/mol. The van der Waals surface area contributed by atoms with Crippen molar-refractivity contribution in [2.45, 2.75) is 58.4 Å². The predicted octanol–water partition coefficient (Wildman–Crippen LogP) is 3.49. The second-order valence-corrected chi connectivity index (χ2v) is 14.4. The van der Waals surface area contributed by atoms with Crippen LogP contribution in [-0.2, 0) is 19.8 Å². The average Bonchev–Trinajstić information content (AvgIpc) is 2.72. The topological polar surface area (TPSA) is 113 Å². The highest BCUT2D eigenvalue weighted by Crippen LogP contribution is 2.61. The highest BCUT2D eigenvalue weighted by molar-refractivity contribution is 7.90. The van der Waals surface area contributed by atoms with Gasteiger partial charge in [-0.05, 0) is 85.8 Å². The average molecular weight is 558 g/mol. The van der Waals surface area contributed by atoms with Gasteiger partial charge in [0.25, 0.3) is 0 Å². The lowest BCUT2D eigenvalue weighted by Crippen LogP contribution is -2.61. The fourth-order valence-corrected chi connectivity index (χ4v) is 10.5. The number of amides is 2. The van der Waals surface area contributed by atoms with E-state index in [4.69, 9.17) is 28.9 Å². The molecule has 4 bridgehead atoms. The summed E-state index contributed by atoms with van der Waals surface area (Å²) in [4.78, 5) is 24.9. The first-order valence-electron chi connectivity index (χ1n) is 12.7. The molecule has 1 aromatic rings. The summed E-state index contributed by atoms with van der Waals surface area (Å²) in [6, 6.07) is 3.38. The maximum absolute atomic E-state index is 13.6.